The Kier molecular flexibility index (Phi) is 4.07. The summed E-state index contributed by atoms with van der Waals surface area (Å²) in [5, 5.41) is 13.4. The summed E-state index contributed by atoms with van der Waals surface area (Å²) in [5.41, 5.74) is 0.555. The van der Waals surface area contributed by atoms with Gasteiger partial charge in [0.05, 0.1) is 24.9 Å². The maximum atomic E-state index is 12.1. The Hall–Kier alpha value is -2.37. The molecule has 0 aliphatic carbocycles. The largest absolute Gasteiger partial charge is 0.324 e. The molecule has 0 saturated carbocycles. The van der Waals surface area contributed by atoms with E-state index in [-0.39, 0.29) is 19.9 Å². The summed E-state index contributed by atoms with van der Waals surface area (Å²) in [7, 11) is -3.33. The number of carbonyl (C=O) groups is 1. The van der Waals surface area contributed by atoms with Crippen molar-refractivity contribution < 1.29 is 18.1 Å². The molecule has 0 unspecified atom stereocenters. The van der Waals surface area contributed by atoms with Crippen LogP contribution >= 0.6 is 22.7 Å². The number of amides is 1. The molecular weight excluding hydrogens is 374 g/mol. The van der Waals surface area contributed by atoms with E-state index in [0.717, 1.165) is 28.9 Å². The number of thiophene rings is 1. The number of sulfone groups is 1. The Labute approximate surface area is 143 Å². The number of fused-ring (bicyclic) bond motifs is 1. The Morgan fingerprint density at radius 1 is 1.25 bits per heavy atom. The molecule has 0 bridgehead atoms. The van der Waals surface area contributed by atoms with Crippen LogP contribution in [-0.2, 0) is 9.84 Å². The number of nitrogens with zero attached hydrogens (tertiary/aromatic N) is 2. The molecule has 3 aromatic rings. The molecule has 1 N–H and O–H groups in total. The average molecular weight is 383 g/mol. The van der Waals surface area contributed by atoms with Crippen LogP contribution in [0, 0.1) is 10.1 Å². The Morgan fingerprint density at radius 2 is 2.00 bits per heavy atom. The molecule has 3 rings (SSSR count). The fraction of sp³-hybridized carbons (Fsp3) is 0.0769. The van der Waals surface area contributed by atoms with Crippen LogP contribution in [0.15, 0.2) is 35.2 Å². The topological polar surface area (TPSA) is 119 Å². The summed E-state index contributed by atoms with van der Waals surface area (Å²) in [6.45, 7) is 0. The number of rotatable bonds is 4. The third-order valence-electron chi connectivity index (χ3n) is 3.00. The smallest absolute Gasteiger partial charge is 0.297 e. The van der Waals surface area contributed by atoms with Crippen molar-refractivity contribution in [2.75, 3.05) is 11.6 Å². The van der Waals surface area contributed by atoms with Gasteiger partial charge in [-0.2, -0.15) is 0 Å². The molecule has 2 heterocycles. The van der Waals surface area contributed by atoms with Crippen molar-refractivity contribution in [3.63, 3.8) is 0 Å². The number of hydrogen-bond donors (Lipinski definition) is 1. The van der Waals surface area contributed by atoms with E-state index in [2.05, 4.69) is 10.3 Å². The summed E-state index contributed by atoms with van der Waals surface area (Å²) in [6.07, 6.45) is 1.11. The number of aromatic nitrogens is 1. The van der Waals surface area contributed by atoms with Crippen LogP contribution < -0.4 is 5.32 Å². The highest BCUT2D eigenvalue weighted by Crippen LogP contribution is 2.30. The van der Waals surface area contributed by atoms with Crippen LogP contribution in [0.5, 0.6) is 0 Å². The quantitative estimate of drug-likeness (QED) is 0.546. The number of thiazole rings is 1. The Bertz CT molecular complexity index is 1070. The standard InChI is InChI=1S/C13H9N3O5S3/c1-24(20,21)7-2-3-8-10(6-7)23-13(14-8)15-12(17)9-4-5-11(22-9)16(18)19/h2-6H,1H3,(H,14,15,17). The molecule has 124 valence electrons. The number of carbonyl (C=O) groups excluding carboxylic acids is 1. The van der Waals surface area contributed by atoms with Gasteiger partial charge in [-0.3, -0.25) is 20.2 Å². The van der Waals surface area contributed by atoms with Crippen molar-refractivity contribution in [3.8, 4) is 0 Å². The number of nitro groups is 1. The van der Waals surface area contributed by atoms with Gasteiger partial charge in [0.1, 0.15) is 0 Å². The van der Waals surface area contributed by atoms with Gasteiger partial charge in [0.2, 0.25) is 0 Å². The van der Waals surface area contributed by atoms with Crippen molar-refractivity contribution >= 4 is 58.8 Å². The van der Waals surface area contributed by atoms with E-state index in [1.807, 2.05) is 0 Å². The van der Waals surface area contributed by atoms with Crippen LogP contribution in [0.4, 0.5) is 10.1 Å². The first kappa shape index (κ1) is 16.5. The zero-order valence-electron chi connectivity index (χ0n) is 12.0. The lowest BCUT2D eigenvalue weighted by atomic mass is 10.3. The molecule has 0 atom stereocenters. The van der Waals surface area contributed by atoms with E-state index in [4.69, 9.17) is 0 Å². The fourth-order valence-corrected chi connectivity index (χ4v) is 4.23. The Morgan fingerprint density at radius 3 is 2.62 bits per heavy atom. The predicted molar refractivity (Wildman–Crippen MR) is 91.7 cm³/mol. The lowest BCUT2D eigenvalue weighted by Gasteiger charge is -1.96. The molecule has 1 aromatic carbocycles. The van der Waals surface area contributed by atoms with Crippen LogP contribution in [0.2, 0.25) is 0 Å². The molecule has 24 heavy (non-hydrogen) atoms. The monoisotopic (exact) mass is 383 g/mol. The fourth-order valence-electron chi connectivity index (χ4n) is 1.90. The third kappa shape index (κ3) is 3.27. The van der Waals surface area contributed by atoms with E-state index in [0.29, 0.717) is 10.2 Å². The maximum Gasteiger partial charge on any atom is 0.324 e. The van der Waals surface area contributed by atoms with Gasteiger partial charge in [0.25, 0.3) is 5.91 Å². The normalized spacial score (nSPS) is 11.5. The molecule has 0 saturated heterocycles. The molecule has 11 heteroatoms. The zero-order chi connectivity index (χ0) is 17.5. The van der Waals surface area contributed by atoms with Crippen LogP contribution in [0.3, 0.4) is 0 Å². The minimum Gasteiger partial charge on any atom is -0.297 e. The molecule has 0 aliphatic heterocycles. The van der Waals surface area contributed by atoms with Gasteiger partial charge >= 0.3 is 5.00 Å². The molecule has 1 amide bonds. The minimum atomic E-state index is -3.33. The van der Waals surface area contributed by atoms with E-state index in [1.165, 1.54) is 24.3 Å². The second-order valence-electron chi connectivity index (χ2n) is 4.77. The number of nitrogens with one attached hydrogen (secondary N) is 1. The first-order valence-electron chi connectivity index (χ1n) is 6.40. The lowest BCUT2D eigenvalue weighted by molar-refractivity contribution is -0.380. The van der Waals surface area contributed by atoms with Crippen LogP contribution in [-0.4, -0.2) is 30.5 Å². The molecular formula is C13H9N3O5S3. The van der Waals surface area contributed by atoms with Gasteiger partial charge < -0.3 is 0 Å². The van der Waals surface area contributed by atoms with E-state index >= 15 is 0 Å². The molecule has 0 radical (unpaired) electrons. The molecule has 0 aliphatic rings. The van der Waals surface area contributed by atoms with Gasteiger partial charge in [0, 0.05) is 12.3 Å². The number of anilines is 1. The third-order valence-corrected chi connectivity index (χ3v) is 6.08. The Balaban J connectivity index is 1.87. The second-order valence-corrected chi connectivity index (χ2v) is 8.88. The average Bonchev–Trinajstić information content (AvgIpc) is 3.11. The zero-order valence-corrected chi connectivity index (χ0v) is 14.5. The molecule has 0 fully saturated rings. The van der Waals surface area contributed by atoms with Crippen molar-refractivity contribution in [3.05, 3.63) is 45.3 Å². The highest BCUT2D eigenvalue weighted by molar-refractivity contribution is 7.90. The lowest BCUT2D eigenvalue weighted by Crippen LogP contribution is -2.09. The van der Waals surface area contributed by atoms with Gasteiger partial charge in [-0.1, -0.05) is 22.7 Å². The predicted octanol–water partition coefficient (Wildman–Crippen LogP) is 2.92. The van der Waals surface area contributed by atoms with E-state index < -0.39 is 20.7 Å². The summed E-state index contributed by atoms with van der Waals surface area (Å²) in [6, 6.07) is 7.14. The van der Waals surface area contributed by atoms with Crippen molar-refractivity contribution in [1.82, 2.24) is 4.98 Å². The summed E-state index contributed by atoms with van der Waals surface area (Å²) >= 11 is 1.89. The molecule has 8 nitrogen and oxygen atoms in total. The first-order valence-corrected chi connectivity index (χ1v) is 9.93. The molecule has 0 spiro atoms. The van der Waals surface area contributed by atoms with Crippen molar-refractivity contribution in [2.24, 2.45) is 0 Å². The van der Waals surface area contributed by atoms with Crippen molar-refractivity contribution in [2.45, 2.75) is 4.90 Å². The van der Waals surface area contributed by atoms with Crippen LogP contribution in [0.1, 0.15) is 9.67 Å². The van der Waals surface area contributed by atoms with Gasteiger partial charge in [-0.05, 0) is 24.3 Å². The van der Waals surface area contributed by atoms with Gasteiger partial charge in [0.15, 0.2) is 15.0 Å². The SMILES string of the molecule is CS(=O)(=O)c1ccc2nc(NC(=O)c3ccc([N+](=O)[O-])s3)sc2c1. The minimum absolute atomic E-state index is 0.123. The highest BCUT2D eigenvalue weighted by atomic mass is 32.2. The van der Waals surface area contributed by atoms with Gasteiger partial charge in [-0.25, -0.2) is 13.4 Å². The molecule has 2 aromatic heterocycles. The second kappa shape index (κ2) is 5.92. The van der Waals surface area contributed by atoms with Gasteiger partial charge in [-0.15, -0.1) is 0 Å². The van der Waals surface area contributed by atoms with E-state index in [9.17, 15) is 23.3 Å². The van der Waals surface area contributed by atoms with Crippen molar-refractivity contribution in [1.29, 1.82) is 0 Å². The van der Waals surface area contributed by atoms with Crippen LogP contribution in [0.25, 0.3) is 10.2 Å². The maximum absolute atomic E-state index is 12.1. The first-order chi connectivity index (χ1) is 11.2. The summed E-state index contributed by atoms with van der Waals surface area (Å²) in [4.78, 5) is 26.8. The van der Waals surface area contributed by atoms with E-state index in [1.54, 1.807) is 6.07 Å². The number of hydrogen-bond acceptors (Lipinski definition) is 8. The summed E-state index contributed by atoms with van der Waals surface area (Å²) < 4.78 is 23.7. The number of benzene rings is 1. The highest BCUT2D eigenvalue weighted by Gasteiger charge is 2.17. The summed E-state index contributed by atoms with van der Waals surface area (Å²) in [5.74, 6) is -0.504.